The summed E-state index contributed by atoms with van der Waals surface area (Å²) in [5, 5.41) is 4.74. The monoisotopic (exact) mass is 272 g/mol. The molecule has 96 valence electrons. The first-order chi connectivity index (χ1) is 9.26. The molecule has 3 N–H and O–H groups in total. The molecule has 3 aromatic rings. The predicted molar refractivity (Wildman–Crippen MR) is 76.2 cm³/mol. The largest absolute Gasteiger partial charge is 0.324 e. The van der Waals surface area contributed by atoms with Gasteiger partial charge in [-0.2, -0.15) is 0 Å². The van der Waals surface area contributed by atoms with Crippen LogP contribution < -0.4 is 11.1 Å². The zero-order chi connectivity index (χ0) is 13.2. The molecule has 6 heteroatoms. The summed E-state index contributed by atoms with van der Waals surface area (Å²) in [6.07, 6.45) is 3.77. The van der Waals surface area contributed by atoms with Gasteiger partial charge in [0.25, 0.3) is 0 Å². The van der Waals surface area contributed by atoms with E-state index in [1.807, 2.05) is 46.4 Å². The highest BCUT2D eigenvalue weighted by molar-refractivity contribution is 7.13. The molecule has 5 nitrogen and oxygen atoms in total. The van der Waals surface area contributed by atoms with E-state index >= 15 is 0 Å². The Hall–Kier alpha value is -2.18. The average molecular weight is 272 g/mol. The fourth-order valence-corrected chi connectivity index (χ4v) is 2.50. The summed E-state index contributed by atoms with van der Waals surface area (Å²) in [6.45, 7) is -0.0254. The fourth-order valence-electron chi connectivity index (χ4n) is 1.82. The Bertz CT molecular complexity index is 717. The number of imidazole rings is 1. The molecule has 0 atom stereocenters. The zero-order valence-corrected chi connectivity index (χ0v) is 10.9. The fraction of sp³-hybridized carbons (Fsp3) is 0.0769. The van der Waals surface area contributed by atoms with Crippen LogP contribution in [0.4, 0.5) is 5.69 Å². The van der Waals surface area contributed by atoms with Gasteiger partial charge in [0.2, 0.25) is 5.91 Å². The smallest absolute Gasteiger partial charge is 0.238 e. The minimum absolute atomic E-state index is 0.0254. The normalized spacial score (nSPS) is 10.8. The summed E-state index contributed by atoms with van der Waals surface area (Å²) in [4.78, 5) is 16.9. The number of hydrogen-bond acceptors (Lipinski definition) is 4. The summed E-state index contributed by atoms with van der Waals surface area (Å²) < 4.78 is 1.89. The van der Waals surface area contributed by atoms with E-state index in [0.29, 0.717) is 5.69 Å². The molecular weight excluding hydrogens is 260 g/mol. The van der Waals surface area contributed by atoms with Gasteiger partial charge in [-0.25, -0.2) is 4.98 Å². The Balaban J connectivity index is 1.97. The van der Waals surface area contributed by atoms with Crippen LogP contribution in [-0.2, 0) is 4.79 Å². The molecule has 3 heterocycles. The summed E-state index contributed by atoms with van der Waals surface area (Å²) in [5.74, 6) is -0.210. The molecule has 0 aliphatic heterocycles. The van der Waals surface area contributed by atoms with Crippen molar-refractivity contribution in [1.29, 1.82) is 0 Å². The lowest BCUT2D eigenvalue weighted by molar-refractivity contribution is -0.114. The van der Waals surface area contributed by atoms with Gasteiger partial charge in [0, 0.05) is 12.4 Å². The minimum Gasteiger partial charge on any atom is -0.324 e. The van der Waals surface area contributed by atoms with Gasteiger partial charge < -0.3 is 15.5 Å². The SMILES string of the molecule is NCC(=O)Nc1ccc2nc(-c3cccs3)cn2c1. The van der Waals surface area contributed by atoms with E-state index in [1.165, 1.54) is 0 Å². The third-order valence-corrected chi connectivity index (χ3v) is 3.59. The van der Waals surface area contributed by atoms with Gasteiger partial charge >= 0.3 is 0 Å². The second-order valence-electron chi connectivity index (χ2n) is 4.04. The molecule has 0 fully saturated rings. The van der Waals surface area contributed by atoms with E-state index in [1.54, 1.807) is 11.3 Å². The highest BCUT2D eigenvalue weighted by Crippen LogP contribution is 2.24. The van der Waals surface area contributed by atoms with Crippen LogP contribution in [0.15, 0.2) is 42.0 Å². The van der Waals surface area contributed by atoms with Gasteiger partial charge in [0.15, 0.2) is 0 Å². The van der Waals surface area contributed by atoms with Crippen LogP contribution in [0, 0.1) is 0 Å². The van der Waals surface area contributed by atoms with Crippen molar-refractivity contribution < 1.29 is 4.79 Å². The van der Waals surface area contributed by atoms with E-state index in [0.717, 1.165) is 16.2 Å². The van der Waals surface area contributed by atoms with E-state index in [2.05, 4.69) is 10.3 Å². The lowest BCUT2D eigenvalue weighted by Gasteiger charge is -2.03. The van der Waals surface area contributed by atoms with E-state index in [9.17, 15) is 4.79 Å². The Labute approximate surface area is 113 Å². The van der Waals surface area contributed by atoms with Crippen molar-refractivity contribution in [3.05, 3.63) is 42.0 Å². The first-order valence-electron chi connectivity index (χ1n) is 5.79. The Morgan fingerprint density at radius 3 is 3.00 bits per heavy atom. The van der Waals surface area contributed by atoms with Gasteiger partial charge in [-0.1, -0.05) is 6.07 Å². The van der Waals surface area contributed by atoms with Crippen LogP contribution >= 0.6 is 11.3 Å². The van der Waals surface area contributed by atoms with Crippen molar-refractivity contribution >= 4 is 28.6 Å². The van der Waals surface area contributed by atoms with Crippen LogP contribution in [-0.4, -0.2) is 21.8 Å². The van der Waals surface area contributed by atoms with Gasteiger partial charge in [0.05, 0.1) is 22.8 Å². The van der Waals surface area contributed by atoms with Crippen molar-refractivity contribution in [2.75, 3.05) is 11.9 Å². The zero-order valence-electron chi connectivity index (χ0n) is 10.0. The Morgan fingerprint density at radius 2 is 2.26 bits per heavy atom. The highest BCUT2D eigenvalue weighted by Gasteiger charge is 2.06. The number of nitrogens with two attached hydrogens (primary N) is 1. The molecule has 1 amide bonds. The lowest BCUT2D eigenvalue weighted by Crippen LogP contribution is -2.21. The van der Waals surface area contributed by atoms with Crippen molar-refractivity contribution in [3.8, 4) is 10.6 Å². The molecule has 0 aliphatic carbocycles. The van der Waals surface area contributed by atoms with E-state index in [4.69, 9.17) is 5.73 Å². The van der Waals surface area contributed by atoms with Crippen LogP contribution in [0.2, 0.25) is 0 Å². The summed E-state index contributed by atoms with van der Waals surface area (Å²) >= 11 is 1.65. The third-order valence-electron chi connectivity index (χ3n) is 2.69. The second kappa shape index (κ2) is 4.83. The number of thiophene rings is 1. The van der Waals surface area contributed by atoms with Crippen LogP contribution in [0.1, 0.15) is 0 Å². The van der Waals surface area contributed by atoms with Gasteiger partial charge in [-0.3, -0.25) is 4.79 Å². The number of fused-ring (bicyclic) bond motifs is 1. The average Bonchev–Trinajstić information content (AvgIpc) is 3.06. The molecule has 0 saturated carbocycles. The molecule has 0 unspecified atom stereocenters. The molecule has 0 aromatic carbocycles. The number of nitrogens with zero attached hydrogens (tertiary/aromatic N) is 2. The molecule has 0 spiro atoms. The number of carbonyl (C=O) groups excluding carboxylic acids is 1. The van der Waals surface area contributed by atoms with Gasteiger partial charge in [-0.05, 0) is 23.6 Å². The third kappa shape index (κ3) is 2.35. The molecule has 3 rings (SSSR count). The number of carbonyl (C=O) groups is 1. The van der Waals surface area contributed by atoms with Crippen molar-refractivity contribution in [2.24, 2.45) is 5.73 Å². The predicted octanol–water partition coefficient (Wildman–Crippen LogP) is 1.96. The molecule has 0 saturated heterocycles. The van der Waals surface area contributed by atoms with Crippen molar-refractivity contribution in [1.82, 2.24) is 9.38 Å². The molecule has 0 aliphatic rings. The number of anilines is 1. The number of pyridine rings is 1. The van der Waals surface area contributed by atoms with Crippen LogP contribution in [0.5, 0.6) is 0 Å². The lowest BCUT2D eigenvalue weighted by atomic mass is 10.4. The molecule has 0 bridgehead atoms. The molecule has 19 heavy (non-hydrogen) atoms. The summed E-state index contributed by atoms with van der Waals surface area (Å²) in [6, 6.07) is 7.71. The Morgan fingerprint density at radius 1 is 1.37 bits per heavy atom. The van der Waals surface area contributed by atoms with Crippen molar-refractivity contribution in [3.63, 3.8) is 0 Å². The Kier molecular flexibility index (Phi) is 3.02. The topological polar surface area (TPSA) is 72.4 Å². The van der Waals surface area contributed by atoms with Crippen LogP contribution in [0.25, 0.3) is 16.2 Å². The summed E-state index contributed by atoms with van der Waals surface area (Å²) in [7, 11) is 0. The maximum Gasteiger partial charge on any atom is 0.238 e. The van der Waals surface area contributed by atoms with Crippen molar-refractivity contribution in [2.45, 2.75) is 0 Å². The van der Waals surface area contributed by atoms with Crippen LogP contribution in [0.3, 0.4) is 0 Å². The highest BCUT2D eigenvalue weighted by atomic mass is 32.1. The number of nitrogens with one attached hydrogen (secondary N) is 1. The standard InChI is InChI=1S/C13H12N4OS/c14-6-13(18)15-9-3-4-12-16-10(8-17(12)7-9)11-2-1-5-19-11/h1-5,7-8H,6,14H2,(H,15,18). The first kappa shape index (κ1) is 11.9. The first-order valence-corrected chi connectivity index (χ1v) is 6.67. The second-order valence-corrected chi connectivity index (χ2v) is 4.99. The number of aromatic nitrogens is 2. The quantitative estimate of drug-likeness (QED) is 0.765. The van der Waals surface area contributed by atoms with Gasteiger partial charge in [0.1, 0.15) is 5.65 Å². The van der Waals surface area contributed by atoms with E-state index in [-0.39, 0.29) is 12.5 Å². The molecular formula is C13H12N4OS. The molecule has 3 aromatic heterocycles. The number of rotatable bonds is 3. The maximum absolute atomic E-state index is 11.2. The molecule has 0 radical (unpaired) electrons. The minimum atomic E-state index is -0.210. The van der Waals surface area contributed by atoms with Gasteiger partial charge in [-0.15, -0.1) is 11.3 Å². The number of amides is 1. The van der Waals surface area contributed by atoms with E-state index < -0.39 is 0 Å². The number of hydrogen-bond donors (Lipinski definition) is 2. The maximum atomic E-state index is 11.2. The summed E-state index contributed by atoms with van der Waals surface area (Å²) in [5.41, 5.74) is 7.75.